The summed E-state index contributed by atoms with van der Waals surface area (Å²) in [6.07, 6.45) is 0. The number of aromatic nitrogens is 1. The van der Waals surface area contributed by atoms with E-state index in [1.165, 1.54) is 16.2 Å². The molecule has 0 aliphatic heterocycles. The Morgan fingerprint density at radius 3 is 2.94 bits per heavy atom. The van der Waals surface area contributed by atoms with Crippen LogP contribution in [0.4, 0.5) is 0 Å². The molecule has 1 atom stereocenters. The Bertz CT molecular complexity index is 536. The average molecular weight is 263 g/mol. The monoisotopic (exact) mass is 263 g/mol. The molecular weight excluding hydrogens is 250 g/mol. The summed E-state index contributed by atoms with van der Waals surface area (Å²) >= 11 is 3.21. The van der Waals surface area contributed by atoms with Crippen molar-refractivity contribution >= 4 is 22.7 Å². The zero-order chi connectivity index (χ0) is 12.3. The van der Waals surface area contributed by atoms with Crippen LogP contribution in [0.25, 0.3) is 0 Å². The molecule has 0 radical (unpaired) electrons. The van der Waals surface area contributed by atoms with Crippen molar-refractivity contribution in [3.05, 3.63) is 38.0 Å². The molecule has 0 aliphatic rings. The molecule has 1 unspecified atom stereocenters. The maximum Gasteiger partial charge on any atom is 0.110 e. The molecule has 0 aliphatic carbocycles. The van der Waals surface area contributed by atoms with Gasteiger partial charge in [0.25, 0.3) is 0 Å². The zero-order valence-electron chi connectivity index (χ0n) is 9.73. The SMILES string of the molecule is Cc1csc(C(C)NCc2ccc(C#N)s2)n1. The third-order valence-corrected chi connectivity index (χ3v) is 4.50. The molecule has 2 heterocycles. The fraction of sp³-hybridized carbons (Fsp3) is 0.333. The average Bonchev–Trinajstić information content (AvgIpc) is 2.94. The Labute approximate surface area is 109 Å². The minimum atomic E-state index is 0.251. The summed E-state index contributed by atoms with van der Waals surface area (Å²) in [5.74, 6) is 0. The molecule has 1 N–H and O–H groups in total. The smallest absolute Gasteiger partial charge is 0.110 e. The molecule has 5 heteroatoms. The van der Waals surface area contributed by atoms with Crippen LogP contribution in [0, 0.1) is 18.3 Å². The lowest BCUT2D eigenvalue weighted by Crippen LogP contribution is -2.17. The number of hydrogen-bond donors (Lipinski definition) is 1. The Kier molecular flexibility index (Phi) is 3.89. The van der Waals surface area contributed by atoms with Gasteiger partial charge in [0.15, 0.2) is 0 Å². The number of nitrogens with zero attached hydrogens (tertiary/aromatic N) is 2. The van der Waals surface area contributed by atoms with Crippen molar-refractivity contribution in [3.8, 4) is 6.07 Å². The highest BCUT2D eigenvalue weighted by Crippen LogP contribution is 2.20. The van der Waals surface area contributed by atoms with Crippen LogP contribution < -0.4 is 5.32 Å². The molecule has 0 bridgehead atoms. The zero-order valence-corrected chi connectivity index (χ0v) is 11.4. The van der Waals surface area contributed by atoms with Crippen molar-refractivity contribution < 1.29 is 0 Å². The molecule has 0 aromatic carbocycles. The van der Waals surface area contributed by atoms with Crippen LogP contribution in [0.2, 0.25) is 0 Å². The molecule has 0 fully saturated rings. The van der Waals surface area contributed by atoms with Crippen LogP contribution >= 0.6 is 22.7 Å². The molecule has 17 heavy (non-hydrogen) atoms. The van der Waals surface area contributed by atoms with Crippen molar-refractivity contribution in [3.63, 3.8) is 0 Å². The van der Waals surface area contributed by atoms with Gasteiger partial charge in [0.2, 0.25) is 0 Å². The molecule has 0 saturated heterocycles. The number of nitriles is 1. The van der Waals surface area contributed by atoms with Gasteiger partial charge in [-0.05, 0) is 26.0 Å². The summed E-state index contributed by atoms with van der Waals surface area (Å²) in [6.45, 7) is 4.90. The van der Waals surface area contributed by atoms with Crippen LogP contribution in [0.5, 0.6) is 0 Å². The molecule has 2 aromatic rings. The van der Waals surface area contributed by atoms with Crippen molar-refractivity contribution in [2.75, 3.05) is 0 Å². The first-order valence-corrected chi connectivity index (χ1v) is 7.03. The first-order chi connectivity index (χ1) is 8.19. The molecule has 0 saturated carbocycles. The molecule has 0 amide bonds. The number of thiophene rings is 1. The summed E-state index contributed by atoms with van der Waals surface area (Å²) in [4.78, 5) is 6.40. The number of rotatable bonds is 4. The van der Waals surface area contributed by atoms with Gasteiger partial charge >= 0.3 is 0 Å². The van der Waals surface area contributed by atoms with E-state index in [0.717, 1.165) is 22.1 Å². The second-order valence-corrected chi connectivity index (χ2v) is 5.87. The van der Waals surface area contributed by atoms with Crippen LogP contribution in [0.3, 0.4) is 0 Å². The van der Waals surface area contributed by atoms with E-state index >= 15 is 0 Å². The van der Waals surface area contributed by atoms with Crippen molar-refractivity contribution in [1.82, 2.24) is 10.3 Å². The Balaban J connectivity index is 1.92. The van der Waals surface area contributed by atoms with Crippen LogP contribution in [0.1, 0.15) is 33.4 Å². The van der Waals surface area contributed by atoms with E-state index in [2.05, 4.69) is 28.7 Å². The van der Waals surface area contributed by atoms with Crippen molar-refractivity contribution in [2.24, 2.45) is 0 Å². The molecule has 0 spiro atoms. The van der Waals surface area contributed by atoms with E-state index < -0.39 is 0 Å². The number of thiazole rings is 1. The van der Waals surface area contributed by atoms with Gasteiger partial charge in [0, 0.05) is 22.5 Å². The second kappa shape index (κ2) is 5.41. The minimum Gasteiger partial charge on any atom is -0.303 e. The summed E-state index contributed by atoms with van der Waals surface area (Å²) in [5.41, 5.74) is 1.07. The highest BCUT2D eigenvalue weighted by Gasteiger charge is 2.09. The lowest BCUT2D eigenvalue weighted by Gasteiger charge is -2.09. The van der Waals surface area contributed by atoms with E-state index in [-0.39, 0.29) is 6.04 Å². The normalized spacial score (nSPS) is 12.3. The van der Waals surface area contributed by atoms with Gasteiger partial charge in [-0.15, -0.1) is 22.7 Å². The summed E-state index contributed by atoms with van der Waals surface area (Å²) in [7, 11) is 0. The van der Waals surface area contributed by atoms with Gasteiger partial charge in [0.05, 0.1) is 6.04 Å². The van der Waals surface area contributed by atoms with Crippen LogP contribution in [-0.2, 0) is 6.54 Å². The van der Waals surface area contributed by atoms with Gasteiger partial charge in [-0.25, -0.2) is 4.98 Å². The quantitative estimate of drug-likeness (QED) is 0.921. The highest BCUT2D eigenvalue weighted by atomic mass is 32.1. The second-order valence-electron chi connectivity index (χ2n) is 3.81. The summed E-state index contributed by atoms with van der Waals surface area (Å²) in [5, 5.41) is 15.3. The van der Waals surface area contributed by atoms with Crippen molar-refractivity contribution in [2.45, 2.75) is 26.4 Å². The maximum atomic E-state index is 8.74. The summed E-state index contributed by atoms with van der Waals surface area (Å²) < 4.78 is 0. The number of aryl methyl sites for hydroxylation is 1. The number of nitrogens with one attached hydrogen (secondary N) is 1. The van der Waals surface area contributed by atoms with Gasteiger partial charge in [-0.1, -0.05) is 0 Å². The van der Waals surface area contributed by atoms with Crippen molar-refractivity contribution in [1.29, 1.82) is 5.26 Å². The molecule has 88 valence electrons. The van der Waals surface area contributed by atoms with Crippen LogP contribution in [0.15, 0.2) is 17.5 Å². The number of hydrogen-bond acceptors (Lipinski definition) is 5. The van der Waals surface area contributed by atoms with Gasteiger partial charge in [0.1, 0.15) is 16.0 Å². The first-order valence-electron chi connectivity index (χ1n) is 5.33. The molecule has 3 nitrogen and oxygen atoms in total. The van der Waals surface area contributed by atoms with Crippen LogP contribution in [-0.4, -0.2) is 4.98 Å². The summed E-state index contributed by atoms with van der Waals surface area (Å²) in [6, 6.07) is 6.26. The van der Waals surface area contributed by atoms with E-state index in [1.54, 1.807) is 11.3 Å². The first kappa shape index (κ1) is 12.2. The van der Waals surface area contributed by atoms with E-state index in [0.29, 0.717) is 0 Å². The predicted octanol–water partition coefficient (Wildman–Crippen LogP) is 3.24. The fourth-order valence-corrected chi connectivity index (χ4v) is 3.03. The Hall–Kier alpha value is -1.22. The lowest BCUT2D eigenvalue weighted by molar-refractivity contribution is 0.575. The predicted molar refractivity (Wildman–Crippen MR) is 71.1 cm³/mol. The standard InChI is InChI=1S/C12H13N3S2/c1-8-7-16-12(15-8)9(2)14-6-11-4-3-10(5-13)17-11/h3-4,7,9,14H,6H2,1-2H3. The Morgan fingerprint density at radius 1 is 1.53 bits per heavy atom. The van der Waals surface area contributed by atoms with Gasteiger partial charge in [-0.3, -0.25) is 0 Å². The van der Waals surface area contributed by atoms with Gasteiger partial charge < -0.3 is 5.32 Å². The highest BCUT2D eigenvalue weighted by molar-refractivity contribution is 7.12. The third kappa shape index (κ3) is 3.13. The molecule has 2 rings (SSSR count). The topological polar surface area (TPSA) is 48.7 Å². The maximum absolute atomic E-state index is 8.74. The molecular formula is C12H13N3S2. The van der Waals surface area contributed by atoms with E-state index in [9.17, 15) is 0 Å². The minimum absolute atomic E-state index is 0.251. The van der Waals surface area contributed by atoms with E-state index in [4.69, 9.17) is 5.26 Å². The fourth-order valence-electron chi connectivity index (χ4n) is 1.45. The lowest BCUT2D eigenvalue weighted by atomic mass is 10.3. The largest absolute Gasteiger partial charge is 0.303 e. The molecule has 2 aromatic heterocycles. The third-order valence-electron chi connectivity index (χ3n) is 2.36. The van der Waals surface area contributed by atoms with Gasteiger partial charge in [-0.2, -0.15) is 5.26 Å². The Morgan fingerprint density at radius 2 is 2.35 bits per heavy atom. The van der Waals surface area contributed by atoms with E-state index in [1.807, 2.05) is 19.1 Å².